The van der Waals surface area contributed by atoms with Crippen molar-refractivity contribution in [2.45, 2.75) is 19.3 Å². The standard InChI is InChI=1S/C25H16N2O4S4/c1-25(2)12-6-14(19-16-11(8-33-19)22(29)27(4)24(16)31)34-17(12)9-5-13(35-20(9)25)18-15-10(7-32-18)21(28)26(3)23(15)30/h5-8H,1-4H3. The molecule has 1 aliphatic carbocycles. The van der Waals surface area contributed by atoms with Crippen molar-refractivity contribution in [2.75, 3.05) is 14.1 Å². The van der Waals surface area contributed by atoms with Crippen LogP contribution in [0.25, 0.3) is 29.9 Å². The molecule has 2 aliphatic heterocycles. The Balaban J connectivity index is 1.36. The van der Waals surface area contributed by atoms with E-state index in [1.54, 1.807) is 33.4 Å². The highest BCUT2D eigenvalue weighted by Crippen LogP contribution is 2.59. The van der Waals surface area contributed by atoms with Crippen LogP contribution in [0.5, 0.6) is 0 Å². The molecule has 0 fully saturated rings. The summed E-state index contributed by atoms with van der Waals surface area (Å²) in [4.78, 5) is 58.6. The van der Waals surface area contributed by atoms with Gasteiger partial charge in [-0.2, -0.15) is 0 Å². The summed E-state index contributed by atoms with van der Waals surface area (Å²) >= 11 is 6.20. The number of thiophene rings is 4. The number of hydrogen-bond acceptors (Lipinski definition) is 8. The van der Waals surface area contributed by atoms with E-state index in [2.05, 4.69) is 26.0 Å². The quantitative estimate of drug-likeness (QED) is 0.294. The Bertz CT molecular complexity index is 1570. The van der Waals surface area contributed by atoms with Crippen LogP contribution in [0, 0.1) is 0 Å². The maximum atomic E-state index is 12.7. The molecule has 0 bridgehead atoms. The van der Waals surface area contributed by atoms with Gasteiger partial charge in [0, 0.05) is 55.3 Å². The lowest BCUT2D eigenvalue weighted by molar-refractivity contribution is 0.0678. The zero-order valence-electron chi connectivity index (χ0n) is 19.0. The Morgan fingerprint density at radius 2 is 1.17 bits per heavy atom. The van der Waals surface area contributed by atoms with Crippen molar-refractivity contribution in [3.63, 3.8) is 0 Å². The highest BCUT2D eigenvalue weighted by Gasteiger charge is 2.43. The van der Waals surface area contributed by atoms with Crippen LogP contribution in [0.4, 0.5) is 0 Å². The van der Waals surface area contributed by atoms with Crippen molar-refractivity contribution in [1.82, 2.24) is 9.80 Å². The van der Waals surface area contributed by atoms with Gasteiger partial charge in [0.1, 0.15) is 0 Å². The number of amides is 4. The summed E-state index contributed by atoms with van der Waals surface area (Å²) in [6.45, 7) is 4.38. The molecule has 10 heteroatoms. The van der Waals surface area contributed by atoms with E-state index in [4.69, 9.17) is 0 Å². The lowest BCUT2D eigenvalue weighted by Crippen LogP contribution is -2.24. The van der Waals surface area contributed by atoms with Gasteiger partial charge in [0.25, 0.3) is 23.6 Å². The van der Waals surface area contributed by atoms with Crippen molar-refractivity contribution in [2.24, 2.45) is 0 Å². The molecule has 0 N–H and O–H groups in total. The molecule has 0 atom stereocenters. The molecule has 0 aromatic carbocycles. The molecule has 174 valence electrons. The van der Waals surface area contributed by atoms with Gasteiger partial charge in [-0.25, -0.2) is 0 Å². The third-order valence-corrected chi connectivity index (χ3v) is 12.0. The van der Waals surface area contributed by atoms with Gasteiger partial charge in [-0.05, 0) is 17.7 Å². The van der Waals surface area contributed by atoms with E-state index in [0.717, 1.165) is 29.9 Å². The molecule has 4 aromatic heterocycles. The van der Waals surface area contributed by atoms with E-state index in [9.17, 15) is 19.2 Å². The first kappa shape index (κ1) is 21.4. The van der Waals surface area contributed by atoms with Crippen LogP contribution in [0.2, 0.25) is 0 Å². The van der Waals surface area contributed by atoms with Gasteiger partial charge in [-0.1, -0.05) is 13.8 Å². The van der Waals surface area contributed by atoms with Crippen LogP contribution in [-0.4, -0.2) is 47.5 Å². The molecule has 6 nitrogen and oxygen atoms in total. The predicted octanol–water partition coefficient (Wildman–Crippen LogP) is 6.02. The normalized spacial score (nSPS) is 17.5. The summed E-state index contributed by atoms with van der Waals surface area (Å²) in [5, 5.41) is 3.57. The monoisotopic (exact) mass is 536 g/mol. The molecule has 0 unspecified atom stereocenters. The van der Waals surface area contributed by atoms with Crippen LogP contribution in [0.3, 0.4) is 0 Å². The fraction of sp³-hybridized carbons (Fsp3) is 0.200. The third kappa shape index (κ3) is 2.47. The average Bonchev–Trinajstić information content (AvgIpc) is 3.65. The van der Waals surface area contributed by atoms with Crippen molar-refractivity contribution < 1.29 is 19.2 Å². The molecular formula is C25H16N2O4S4. The van der Waals surface area contributed by atoms with E-state index in [0.29, 0.717) is 22.3 Å². The van der Waals surface area contributed by atoms with Gasteiger partial charge < -0.3 is 0 Å². The van der Waals surface area contributed by atoms with Gasteiger partial charge in [0.15, 0.2) is 0 Å². The average molecular weight is 537 g/mol. The fourth-order valence-electron chi connectivity index (χ4n) is 5.12. The zero-order valence-corrected chi connectivity index (χ0v) is 22.2. The van der Waals surface area contributed by atoms with Crippen molar-refractivity contribution in [1.29, 1.82) is 0 Å². The highest BCUT2D eigenvalue weighted by atomic mass is 32.1. The molecule has 35 heavy (non-hydrogen) atoms. The second kappa shape index (κ2) is 6.64. The number of hydrogen-bond donors (Lipinski definition) is 0. The Kier molecular flexibility index (Phi) is 4.05. The van der Waals surface area contributed by atoms with Crippen LogP contribution < -0.4 is 0 Å². The van der Waals surface area contributed by atoms with Crippen molar-refractivity contribution in [3.05, 3.63) is 55.6 Å². The Labute approximate surface area is 216 Å². The van der Waals surface area contributed by atoms with Crippen molar-refractivity contribution in [3.8, 4) is 29.9 Å². The molecule has 0 saturated heterocycles. The third-order valence-electron chi connectivity index (χ3n) is 7.09. The van der Waals surface area contributed by atoms with Gasteiger partial charge >= 0.3 is 0 Å². The van der Waals surface area contributed by atoms with Crippen LogP contribution in [0.15, 0.2) is 22.9 Å². The highest BCUT2D eigenvalue weighted by molar-refractivity contribution is 7.25. The first-order chi connectivity index (χ1) is 16.6. The van der Waals surface area contributed by atoms with Crippen LogP contribution in [-0.2, 0) is 5.41 Å². The number of carbonyl (C=O) groups is 4. The molecule has 4 aromatic rings. The molecule has 3 aliphatic rings. The summed E-state index contributed by atoms with van der Waals surface area (Å²) in [5.74, 6) is -0.986. The number of rotatable bonds is 2. The summed E-state index contributed by atoms with van der Waals surface area (Å²) in [6.07, 6.45) is 0. The second-order valence-electron chi connectivity index (χ2n) is 9.38. The number of fused-ring (bicyclic) bond motifs is 5. The van der Waals surface area contributed by atoms with Crippen LogP contribution >= 0.6 is 45.3 Å². The topological polar surface area (TPSA) is 74.8 Å². The van der Waals surface area contributed by atoms with Crippen LogP contribution in [0.1, 0.15) is 65.7 Å². The molecule has 4 amide bonds. The second-order valence-corrected chi connectivity index (χ2v) is 13.2. The fourth-order valence-corrected chi connectivity index (χ4v) is 10.1. The van der Waals surface area contributed by atoms with E-state index in [-0.39, 0.29) is 29.0 Å². The number of carbonyl (C=O) groups excluding carboxylic acids is 4. The molecule has 0 spiro atoms. The molecular weight excluding hydrogens is 521 g/mol. The summed E-state index contributed by atoms with van der Waals surface area (Å²) in [5.41, 5.74) is 4.10. The van der Waals surface area contributed by atoms with Gasteiger partial charge in [0.05, 0.1) is 32.0 Å². The number of nitrogens with zero attached hydrogens (tertiary/aromatic N) is 2. The van der Waals surface area contributed by atoms with Crippen molar-refractivity contribution >= 4 is 69.0 Å². The predicted molar refractivity (Wildman–Crippen MR) is 139 cm³/mol. The SMILES string of the molecule is CN1C(=O)c2csc(-c3cc4c(s3)-c3cc(-c5scc6c5C(=O)N(C)C6=O)sc3C4(C)C)c2C1=O. The molecule has 7 rings (SSSR count). The lowest BCUT2D eigenvalue weighted by Gasteiger charge is -2.18. The van der Waals surface area contributed by atoms with Gasteiger partial charge in [-0.3, -0.25) is 29.0 Å². The van der Waals surface area contributed by atoms with Gasteiger partial charge in [-0.15, -0.1) is 45.3 Å². The van der Waals surface area contributed by atoms with E-state index in [1.807, 2.05) is 0 Å². The molecule has 6 heterocycles. The smallest absolute Gasteiger partial charge is 0.262 e. The first-order valence-electron chi connectivity index (χ1n) is 10.8. The van der Waals surface area contributed by atoms with E-state index >= 15 is 0 Å². The van der Waals surface area contributed by atoms with E-state index in [1.165, 1.54) is 57.0 Å². The summed E-state index contributed by atoms with van der Waals surface area (Å²) < 4.78 is 0. The maximum Gasteiger partial charge on any atom is 0.262 e. The first-order valence-corrected chi connectivity index (χ1v) is 14.2. The van der Waals surface area contributed by atoms with Gasteiger partial charge in [0.2, 0.25) is 0 Å². The summed E-state index contributed by atoms with van der Waals surface area (Å²) in [7, 11) is 3.04. The minimum atomic E-state index is -0.247. The molecule has 0 saturated carbocycles. The Morgan fingerprint density at radius 1 is 0.657 bits per heavy atom. The zero-order chi connectivity index (χ0) is 24.5. The van der Waals surface area contributed by atoms with E-state index < -0.39 is 0 Å². The maximum absolute atomic E-state index is 12.7. The summed E-state index contributed by atoms with van der Waals surface area (Å²) in [6, 6.07) is 4.30. The Hall–Kier alpha value is -2.92. The minimum absolute atomic E-state index is 0.240. The minimum Gasteiger partial charge on any atom is -0.277 e. The largest absolute Gasteiger partial charge is 0.277 e. The lowest BCUT2D eigenvalue weighted by atomic mass is 9.88. The molecule has 0 radical (unpaired) electrons. The Morgan fingerprint density at radius 3 is 1.71 bits per heavy atom. The number of imide groups is 2.